The average Bonchev–Trinajstić information content (AvgIpc) is 3.16. The second-order valence-electron chi connectivity index (χ2n) is 7.13. The molecule has 0 aliphatic heterocycles. The maximum atomic E-state index is 13.2. The van der Waals surface area contributed by atoms with Crippen LogP contribution in [0, 0.1) is 0 Å². The molecule has 0 bridgehead atoms. The summed E-state index contributed by atoms with van der Waals surface area (Å²) >= 11 is 6.14. The summed E-state index contributed by atoms with van der Waals surface area (Å²) in [6, 6.07) is 22.4. The Labute approximate surface area is 193 Å². The van der Waals surface area contributed by atoms with Crippen molar-refractivity contribution in [3.05, 3.63) is 95.9 Å². The minimum atomic E-state index is -4.13. The fraction of sp³-hybridized carbons (Fsp3) is 0. The Kier molecular flexibility index (Phi) is 5.20. The number of para-hydroxylation sites is 3. The highest BCUT2D eigenvalue weighted by molar-refractivity contribution is 7.92. The molecule has 10 heteroatoms. The Bertz CT molecular complexity index is 1630. The number of hydrogen-bond donors (Lipinski definition) is 2. The molecular weight excluding hydrogens is 462 g/mol. The Hall–Kier alpha value is -3.95. The van der Waals surface area contributed by atoms with Crippen molar-refractivity contribution in [3.8, 4) is 0 Å². The van der Waals surface area contributed by atoms with Gasteiger partial charge in [-0.1, -0.05) is 54.1 Å². The zero-order chi connectivity index (χ0) is 23.0. The Balaban J connectivity index is 1.46. The minimum absolute atomic E-state index is 0.157. The number of fused-ring (bicyclic) bond motifs is 2. The van der Waals surface area contributed by atoms with Gasteiger partial charge in [0.25, 0.3) is 15.9 Å². The second-order valence-corrected chi connectivity index (χ2v) is 9.09. The Morgan fingerprint density at radius 1 is 0.848 bits per heavy atom. The molecule has 5 aromatic rings. The van der Waals surface area contributed by atoms with E-state index in [2.05, 4.69) is 20.0 Å². The van der Waals surface area contributed by atoms with Gasteiger partial charge < -0.3 is 5.32 Å². The van der Waals surface area contributed by atoms with Crippen LogP contribution < -0.4 is 10.0 Å². The normalized spacial score (nSPS) is 11.5. The van der Waals surface area contributed by atoms with Crippen LogP contribution in [0.4, 0.5) is 11.4 Å². The molecule has 0 atom stereocenters. The summed E-state index contributed by atoms with van der Waals surface area (Å²) < 4.78 is 30.2. The summed E-state index contributed by atoms with van der Waals surface area (Å²) in [6.45, 7) is 0. The van der Waals surface area contributed by atoms with Crippen LogP contribution in [0.5, 0.6) is 0 Å². The molecule has 8 nitrogen and oxygen atoms in total. The second kappa shape index (κ2) is 8.19. The van der Waals surface area contributed by atoms with Crippen LogP contribution in [0.25, 0.3) is 16.6 Å². The van der Waals surface area contributed by atoms with Crippen molar-refractivity contribution in [2.24, 2.45) is 0 Å². The maximum Gasteiger partial charge on any atom is 0.281 e. The first kappa shape index (κ1) is 20.9. The smallest absolute Gasteiger partial charge is 0.281 e. The number of rotatable bonds is 5. The van der Waals surface area contributed by atoms with Crippen molar-refractivity contribution in [1.29, 1.82) is 0 Å². The molecule has 0 radical (unpaired) electrons. The molecule has 0 fully saturated rings. The third kappa shape index (κ3) is 3.99. The lowest BCUT2D eigenvalue weighted by Gasteiger charge is -2.13. The zero-order valence-electron chi connectivity index (χ0n) is 16.9. The van der Waals surface area contributed by atoms with Gasteiger partial charge in [-0.3, -0.25) is 13.9 Å². The summed E-state index contributed by atoms with van der Waals surface area (Å²) in [4.78, 5) is 21.3. The lowest BCUT2D eigenvalue weighted by atomic mass is 10.2. The van der Waals surface area contributed by atoms with E-state index in [0.29, 0.717) is 11.2 Å². The van der Waals surface area contributed by atoms with Crippen molar-refractivity contribution in [2.75, 3.05) is 10.0 Å². The lowest BCUT2D eigenvalue weighted by Crippen LogP contribution is -2.19. The van der Waals surface area contributed by atoms with Crippen LogP contribution in [-0.2, 0) is 10.0 Å². The van der Waals surface area contributed by atoms with Gasteiger partial charge in [0.2, 0.25) is 0 Å². The number of benzene rings is 2. The van der Waals surface area contributed by atoms with E-state index < -0.39 is 15.9 Å². The summed E-state index contributed by atoms with van der Waals surface area (Å²) in [5.41, 5.74) is 1.73. The standard InChI is InChI=1S/C23H16ClN5O3S/c24-21-23(29-14-6-5-11-20(29)27-21)33(31,32)28-18-10-4-3-9-17(18)26-22(30)19-13-12-15-7-1-2-8-16(15)25-19/h1-14,28H,(H,26,30). The lowest BCUT2D eigenvalue weighted by molar-refractivity contribution is 0.102. The number of amides is 1. The number of imidazole rings is 1. The predicted molar refractivity (Wildman–Crippen MR) is 127 cm³/mol. The van der Waals surface area contributed by atoms with E-state index in [1.165, 1.54) is 10.5 Å². The number of pyridine rings is 2. The van der Waals surface area contributed by atoms with Gasteiger partial charge in [0.1, 0.15) is 11.3 Å². The summed E-state index contributed by atoms with van der Waals surface area (Å²) in [6.07, 6.45) is 1.56. The van der Waals surface area contributed by atoms with Crippen LogP contribution in [0.3, 0.4) is 0 Å². The molecule has 0 aliphatic rings. The minimum Gasteiger partial charge on any atom is -0.319 e. The molecule has 33 heavy (non-hydrogen) atoms. The van der Waals surface area contributed by atoms with Gasteiger partial charge in [0.15, 0.2) is 10.2 Å². The Morgan fingerprint density at radius 3 is 2.42 bits per heavy atom. The zero-order valence-corrected chi connectivity index (χ0v) is 18.5. The highest BCUT2D eigenvalue weighted by Crippen LogP contribution is 2.28. The maximum absolute atomic E-state index is 13.2. The first-order valence-corrected chi connectivity index (χ1v) is 11.7. The third-order valence-electron chi connectivity index (χ3n) is 4.95. The van der Waals surface area contributed by atoms with E-state index in [4.69, 9.17) is 11.6 Å². The molecule has 5 rings (SSSR count). The van der Waals surface area contributed by atoms with Gasteiger partial charge in [0.05, 0.1) is 16.9 Å². The van der Waals surface area contributed by atoms with Gasteiger partial charge in [-0.05, 0) is 36.4 Å². The molecule has 3 heterocycles. The van der Waals surface area contributed by atoms with Gasteiger partial charge in [-0.2, -0.15) is 8.42 Å². The van der Waals surface area contributed by atoms with E-state index in [0.717, 1.165) is 5.39 Å². The molecule has 0 saturated heterocycles. The van der Waals surface area contributed by atoms with Crippen molar-refractivity contribution < 1.29 is 13.2 Å². The molecule has 2 N–H and O–H groups in total. The van der Waals surface area contributed by atoms with Crippen LogP contribution >= 0.6 is 11.6 Å². The highest BCUT2D eigenvalue weighted by atomic mass is 35.5. The SMILES string of the molecule is O=C(Nc1ccccc1NS(=O)(=O)c1c(Cl)nc2ccccn12)c1ccc2ccccc2n1. The van der Waals surface area contributed by atoms with Crippen molar-refractivity contribution >= 4 is 55.5 Å². The first-order valence-electron chi connectivity index (χ1n) is 9.84. The van der Waals surface area contributed by atoms with Gasteiger partial charge in [-0.25, -0.2) is 9.97 Å². The van der Waals surface area contributed by atoms with Crippen LogP contribution in [0.1, 0.15) is 10.5 Å². The van der Waals surface area contributed by atoms with E-state index in [1.807, 2.05) is 24.3 Å². The van der Waals surface area contributed by atoms with Gasteiger partial charge in [0, 0.05) is 11.6 Å². The molecule has 164 valence electrons. The van der Waals surface area contributed by atoms with Crippen molar-refractivity contribution in [2.45, 2.75) is 5.03 Å². The quantitative estimate of drug-likeness (QED) is 0.385. The van der Waals surface area contributed by atoms with Crippen LogP contribution in [0.15, 0.2) is 90.1 Å². The van der Waals surface area contributed by atoms with Crippen LogP contribution in [-0.4, -0.2) is 28.7 Å². The van der Waals surface area contributed by atoms with Crippen molar-refractivity contribution in [3.63, 3.8) is 0 Å². The number of carbonyl (C=O) groups is 1. The third-order valence-corrected chi connectivity index (χ3v) is 6.71. The van der Waals surface area contributed by atoms with Crippen molar-refractivity contribution in [1.82, 2.24) is 14.4 Å². The fourth-order valence-corrected chi connectivity index (χ4v) is 5.17. The molecular formula is C23H16ClN5O3S. The summed E-state index contributed by atoms with van der Waals surface area (Å²) in [5.74, 6) is -0.472. The molecule has 0 unspecified atom stereocenters. The summed E-state index contributed by atoms with van der Waals surface area (Å²) in [5, 5.41) is 3.28. The van der Waals surface area contributed by atoms with E-state index in [1.54, 1.807) is 54.7 Å². The number of carbonyl (C=O) groups excluding carboxylic acids is 1. The highest BCUT2D eigenvalue weighted by Gasteiger charge is 2.25. The Morgan fingerprint density at radius 2 is 1.58 bits per heavy atom. The predicted octanol–water partition coefficient (Wildman–Crippen LogP) is 4.59. The number of nitrogens with one attached hydrogen (secondary N) is 2. The monoisotopic (exact) mass is 477 g/mol. The first-order chi connectivity index (χ1) is 15.9. The number of anilines is 2. The van der Waals surface area contributed by atoms with E-state index in [9.17, 15) is 13.2 Å². The summed E-state index contributed by atoms with van der Waals surface area (Å²) in [7, 11) is -4.13. The molecule has 1 amide bonds. The molecule has 3 aromatic heterocycles. The average molecular weight is 478 g/mol. The largest absolute Gasteiger partial charge is 0.319 e. The molecule has 0 aliphatic carbocycles. The topological polar surface area (TPSA) is 105 Å². The number of nitrogens with zero attached hydrogens (tertiary/aromatic N) is 3. The molecule has 0 saturated carbocycles. The van der Waals surface area contributed by atoms with Gasteiger partial charge in [-0.15, -0.1) is 0 Å². The number of sulfonamides is 1. The number of hydrogen-bond acceptors (Lipinski definition) is 5. The number of halogens is 1. The fourth-order valence-electron chi connectivity index (χ4n) is 3.44. The molecule has 0 spiro atoms. The van der Waals surface area contributed by atoms with E-state index >= 15 is 0 Å². The van der Waals surface area contributed by atoms with Gasteiger partial charge >= 0.3 is 0 Å². The van der Waals surface area contributed by atoms with E-state index in [-0.39, 0.29) is 27.2 Å². The number of aromatic nitrogens is 3. The molecule has 2 aromatic carbocycles. The van der Waals surface area contributed by atoms with Crippen LogP contribution in [0.2, 0.25) is 5.15 Å².